The van der Waals surface area contributed by atoms with Crippen LogP contribution in [0.3, 0.4) is 0 Å². The standard InChI is InChI=1S/C8H12O3/c1-3-4-5-8(6-9)11-7-10-2/h1,4-5,8-9H,6-7H2,2H3/b5-4+/t8-/m1/s1. The lowest BCUT2D eigenvalue weighted by Crippen LogP contribution is -2.15. The molecule has 11 heavy (non-hydrogen) atoms. The van der Waals surface area contributed by atoms with Gasteiger partial charge in [-0.05, 0) is 12.2 Å². The normalized spacial score (nSPS) is 13.2. The summed E-state index contributed by atoms with van der Waals surface area (Å²) in [5.74, 6) is 2.30. The van der Waals surface area contributed by atoms with Crippen molar-refractivity contribution in [2.75, 3.05) is 20.5 Å². The molecule has 3 heteroatoms. The van der Waals surface area contributed by atoms with Gasteiger partial charge in [0.05, 0.1) is 6.61 Å². The molecular formula is C8H12O3. The van der Waals surface area contributed by atoms with Gasteiger partial charge in [-0.1, -0.05) is 5.92 Å². The van der Waals surface area contributed by atoms with Gasteiger partial charge < -0.3 is 14.6 Å². The number of hydrogen-bond donors (Lipinski definition) is 1. The van der Waals surface area contributed by atoms with E-state index < -0.39 is 0 Å². The van der Waals surface area contributed by atoms with Crippen molar-refractivity contribution in [3.63, 3.8) is 0 Å². The van der Waals surface area contributed by atoms with Crippen LogP contribution in [0.5, 0.6) is 0 Å². The van der Waals surface area contributed by atoms with E-state index in [2.05, 4.69) is 10.7 Å². The molecule has 0 aliphatic heterocycles. The van der Waals surface area contributed by atoms with Gasteiger partial charge in [0.15, 0.2) is 0 Å². The molecule has 62 valence electrons. The van der Waals surface area contributed by atoms with Crippen LogP contribution in [0.1, 0.15) is 0 Å². The van der Waals surface area contributed by atoms with Crippen LogP contribution >= 0.6 is 0 Å². The number of ether oxygens (including phenoxy) is 2. The van der Waals surface area contributed by atoms with Crippen LogP contribution in [0.2, 0.25) is 0 Å². The lowest BCUT2D eigenvalue weighted by molar-refractivity contribution is -0.0693. The smallest absolute Gasteiger partial charge is 0.147 e. The summed E-state index contributed by atoms with van der Waals surface area (Å²) in [5, 5.41) is 8.68. The fraction of sp³-hybridized carbons (Fsp3) is 0.500. The van der Waals surface area contributed by atoms with Crippen LogP contribution in [-0.4, -0.2) is 31.7 Å². The van der Waals surface area contributed by atoms with Crippen molar-refractivity contribution >= 4 is 0 Å². The maximum absolute atomic E-state index is 8.68. The molecule has 0 bridgehead atoms. The van der Waals surface area contributed by atoms with E-state index in [0.29, 0.717) is 0 Å². The second-order valence-corrected chi connectivity index (χ2v) is 1.82. The van der Waals surface area contributed by atoms with Crippen molar-refractivity contribution in [3.8, 4) is 12.3 Å². The van der Waals surface area contributed by atoms with Crippen molar-refractivity contribution in [1.82, 2.24) is 0 Å². The quantitative estimate of drug-likeness (QED) is 0.455. The summed E-state index contributed by atoms with van der Waals surface area (Å²) in [7, 11) is 1.51. The highest BCUT2D eigenvalue weighted by Crippen LogP contribution is 1.92. The number of allylic oxidation sites excluding steroid dienone is 1. The zero-order chi connectivity index (χ0) is 8.53. The van der Waals surface area contributed by atoms with Gasteiger partial charge in [0, 0.05) is 7.11 Å². The number of hydrogen-bond acceptors (Lipinski definition) is 3. The third-order valence-corrected chi connectivity index (χ3v) is 0.987. The zero-order valence-electron chi connectivity index (χ0n) is 6.49. The van der Waals surface area contributed by atoms with Crippen molar-refractivity contribution in [1.29, 1.82) is 0 Å². The van der Waals surface area contributed by atoms with E-state index in [1.807, 2.05) is 0 Å². The van der Waals surface area contributed by atoms with E-state index in [1.165, 1.54) is 13.2 Å². The Morgan fingerprint density at radius 2 is 2.45 bits per heavy atom. The summed E-state index contributed by atoms with van der Waals surface area (Å²) < 4.78 is 9.62. The Labute approximate surface area is 66.6 Å². The molecule has 1 atom stereocenters. The number of methoxy groups -OCH3 is 1. The first kappa shape index (κ1) is 10.2. The molecule has 0 aliphatic rings. The van der Waals surface area contributed by atoms with E-state index in [0.717, 1.165) is 0 Å². The van der Waals surface area contributed by atoms with Gasteiger partial charge in [0.2, 0.25) is 0 Å². The second kappa shape index (κ2) is 7.29. The maximum Gasteiger partial charge on any atom is 0.147 e. The first-order chi connectivity index (χ1) is 5.35. The summed E-state index contributed by atoms with van der Waals surface area (Å²) >= 11 is 0. The van der Waals surface area contributed by atoms with E-state index in [1.54, 1.807) is 6.08 Å². The minimum absolute atomic E-state index is 0.0957. The van der Waals surface area contributed by atoms with E-state index in [9.17, 15) is 0 Å². The molecule has 0 spiro atoms. The fourth-order valence-electron chi connectivity index (χ4n) is 0.487. The predicted octanol–water partition coefficient (Wildman–Crippen LogP) is 0.157. The maximum atomic E-state index is 8.68. The molecule has 0 aliphatic carbocycles. The van der Waals surface area contributed by atoms with E-state index in [4.69, 9.17) is 16.3 Å². The number of aliphatic hydroxyl groups excluding tert-OH is 1. The van der Waals surface area contributed by atoms with E-state index >= 15 is 0 Å². The number of terminal acetylenes is 1. The predicted molar refractivity (Wildman–Crippen MR) is 41.8 cm³/mol. The average Bonchev–Trinajstić information content (AvgIpc) is 2.05. The molecule has 1 N–H and O–H groups in total. The van der Waals surface area contributed by atoms with Crippen LogP contribution in [-0.2, 0) is 9.47 Å². The first-order valence-electron chi connectivity index (χ1n) is 3.19. The molecule has 0 rings (SSSR count). The Bertz CT molecular complexity index is 146. The lowest BCUT2D eigenvalue weighted by Gasteiger charge is -2.08. The van der Waals surface area contributed by atoms with E-state index in [-0.39, 0.29) is 19.5 Å². The van der Waals surface area contributed by atoms with Crippen LogP contribution < -0.4 is 0 Å². The molecule has 0 radical (unpaired) electrons. The molecule has 3 nitrogen and oxygen atoms in total. The third kappa shape index (κ3) is 5.62. The first-order valence-corrected chi connectivity index (χ1v) is 3.19. The third-order valence-electron chi connectivity index (χ3n) is 0.987. The number of aliphatic hydroxyl groups is 1. The Morgan fingerprint density at radius 1 is 1.73 bits per heavy atom. The van der Waals surface area contributed by atoms with Crippen LogP contribution in [0.25, 0.3) is 0 Å². The highest BCUT2D eigenvalue weighted by molar-refractivity contribution is 5.10. The zero-order valence-corrected chi connectivity index (χ0v) is 6.49. The van der Waals surface area contributed by atoms with Gasteiger partial charge in [-0.15, -0.1) is 6.42 Å². The molecule has 0 fully saturated rings. The van der Waals surface area contributed by atoms with Crippen molar-refractivity contribution in [3.05, 3.63) is 12.2 Å². The topological polar surface area (TPSA) is 38.7 Å². The van der Waals surface area contributed by atoms with Gasteiger partial charge in [-0.2, -0.15) is 0 Å². The average molecular weight is 156 g/mol. The SMILES string of the molecule is C#C/C=C/[C@H](CO)OCOC. The Balaban J connectivity index is 3.59. The minimum atomic E-state index is -0.369. The summed E-state index contributed by atoms with van der Waals surface area (Å²) in [6, 6.07) is 0. The molecule has 0 amide bonds. The second-order valence-electron chi connectivity index (χ2n) is 1.82. The van der Waals surface area contributed by atoms with Gasteiger partial charge in [0.1, 0.15) is 12.9 Å². The highest BCUT2D eigenvalue weighted by Gasteiger charge is 2.00. The molecular weight excluding hydrogens is 144 g/mol. The molecule has 0 aromatic rings. The summed E-state index contributed by atoms with van der Waals surface area (Å²) in [6.45, 7) is 0.0572. The Hall–Kier alpha value is -0.820. The highest BCUT2D eigenvalue weighted by atomic mass is 16.7. The lowest BCUT2D eigenvalue weighted by atomic mass is 10.3. The number of rotatable bonds is 5. The van der Waals surface area contributed by atoms with Gasteiger partial charge in [-0.25, -0.2) is 0 Å². The Kier molecular flexibility index (Phi) is 6.75. The molecule has 0 saturated heterocycles. The molecule has 0 saturated carbocycles. The van der Waals surface area contributed by atoms with Gasteiger partial charge >= 0.3 is 0 Å². The van der Waals surface area contributed by atoms with Crippen LogP contribution in [0.15, 0.2) is 12.2 Å². The molecule has 0 unspecified atom stereocenters. The molecule has 0 aromatic carbocycles. The van der Waals surface area contributed by atoms with Crippen molar-refractivity contribution < 1.29 is 14.6 Å². The van der Waals surface area contributed by atoms with Gasteiger partial charge in [-0.3, -0.25) is 0 Å². The summed E-state index contributed by atoms with van der Waals surface area (Å²) in [4.78, 5) is 0. The van der Waals surface area contributed by atoms with Crippen molar-refractivity contribution in [2.45, 2.75) is 6.10 Å². The largest absolute Gasteiger partial charge is 0.393 e. The monoisotopic (exact) mass is 156 g/mol. The summed E-state index contributed by atoms with van der Waals surface area (Å²) in [6.07, 6.45) is 7.66. The van der Waals surface area contributed by atoms with Crippen LogP contribution in [0, 0.1) is 12.3 Å². The fourth-order valence-corrected chi connectivity index (χ4v) is 0.487. The minimum Gasteiger partial charge on any atom is -0.393 e. The van der Waals surface area contributed by atoms with Crippen molar-refractivity contribution in [2.24, 2.45) is 0 Å². The van der Waals surface area contributed by atoms with Crippen LogP contribution in [0.4, 0.5) is 0 Å². The molecule has 0 heterocycles. The van der Waals surface area contributed by atoms with Gasteiger partial charge in [0.25, 0.3) is 0 Å². The Morgan fingerprint density at radius 3 is 2.91 bits per heavy atom. The molecule has 0 aromatic heterocycles. The summed E-state index contributed by atoms with van der Waals surface area (Å²) in [5.41, 5.74) is 0.